The van der Waals surface area contributed by atoms with Gasteiger partial charge in [0, 0.05) is 30.4 Å². The Labute approximate surface area is 172 Å². The van der Waals surface area contributed by atoms with E-state index >= 15 is 0 Å². The topological polar surface area (TPSA) is 102 Å². The first kappa shape index (κ1) is 19.4. The summed E-state index contributed by atoms with van der Waals surface area (Å²) in [7, 11) is 3.46. The Morgan fingerprint density at radius 1 is 1.17 bits per heavy atom. The van der Waals surface area contributed by atoms with Gasteiger partial charge in [-0.3, -0.25) is 9.59 Å². The summed E-state index contributed by atoms with van der Waals surface area (Å²) >= 11 is 0. The standard InChI is InChI=1S/C22H21N5O3/c1-27-12-11-23-21(27)20(16-9-5-6-10-18(16)30-2)24-19(28)13-17-14-7-3-4-8-15(14)22(29)26-25-17/h3-12,20H,13H2,1-2H3,(H,24,28)(H,26,29). The molecule has 152 valence electrons. The number of hydrogen-bond acceptors (Lipinski definition) is 5. The van der Waals surface area contributed by atoms with Crippen molar-refractivity contribution in [1.82, 2.24) is 25.1 Å². The van der Waals surface area contributed by atoms with E-state index in [9.17, 15) is 9.59 Å². The van der Waals surface area contributed by atoms with Gasteiger partial charge in [0.05, 0.1) is 24.6 Å². The molecule has 0 spiro atoms. The Balaban J connectivity index is 1.68. The first-order valence-electron chi connectivity index (χ1n) is 9.44. The van der Waals surface area contributed by atoms with Gasteiger partial charge in [0.15, 0.2) is 0 Å². The van der Waals surface area contributed by atoms with Crippen molar-refractivity contribution < 1.29 is 9.53 Å². The molecule has 0 radical (unpaired) electrons. The van der Waals surface area contributed by atoms with Gasteiger partial charge in [0.25, 0.3) is 5.56 Å². The maximum Gasteiger partial charge on any atom is 0.272 e. The van der Waals surface area contributed by atoms with Crippen LogP contribution in [0.5, 0.6) is 5.75 Å². The van der Waals surface area contributed by atoms with Crippen LogP contribution in [0.15, 0.2) is 65.7 Å². The van der Waals surface area contributed by atoms with Crippen molar-refractivity contribution >= 4 is 16.7 Å². The van der Waals surface area contributed by atoms with Gasteiger partial charge in [-0.25, -0.2) is 10.1 Å². The van der Waals surface area contributed by atoms with Crippen molar-refractivity contribution in [1.29, 1.82) is 0 Å². The van der Waals surface area contributed by atoms with Crippen LogP contribution < -0.4 is 15.6 Å². The fourth-order valence-corrected chi connectivity index (χ4v) is 3.51. The monoisotopic (exact) mass is 403 g/mol. The van der Waals surface area contributed by atoms with E-state index in [-0.39, 0.29) is 17.9 Å². The second kappa shape index (κ2) is 8.20. The average molecular weight is 403 g/mol. The third-order valence-corrected chi connectivity index (χ3v) is 4.97. The summed E-state index contributed by atoms with van der Waals surface area (Å²) in [5.74, 6) is 1.07. The SMILES string of the molecule is COc1ccccc1C(NC(=O)Cc1n[nH]c(=O)c2ccccc12)c1nccn1C. The van der Waals surface area contributed by atoms with E-state index in [0.29, 0.717) is 28.0 Å². The summed E-state index contributed by atoms with van der Waals surface area (Å²) in [6.45, 7) is 0. The van der Waals surface area contributed by atoms with Crippen LogP contribution in [-0.4, -0.2) is 32.8 Å². The quantitative estimate of drug-likeness (QED) is 0.513. The number of imidazole rings is 1. The number of aromatic amines is 1. The molecule has 1 unspecified atom stereocenters. The van der Waals surface area contributed by atoms with E-state index < -0.39 is 6.04 Å². The number of fused-ring (bicyclic) bond motifs is 1. The molecular weight excluding hydrogens is 382 g/mol. The maximum atomic E-state index is 13.0. The van der Waals surface area contributed by atoms with Crippen molar-refractivity contribution in [2.75, 3.05) is 7.11 Å². The Hall–Kier alpha value is -3.94. The summed E-state index contributed by atoms with van der Waals surface area (Å²) in [6, 6.07) is 14.1. The summed E-state index contributed by atoms with van der Waals surface area (Å²) in [4.78, 5) is 29.4. The van der Waals surface area contributed by atoms with Gasteiger partial charge in [-0.2, -0.15) is 5.10 Å². The van der Waals surface area contributed by atoms with Crippen LogP contribution >= 0.6 is 0 Å². The predicted molar refractivity (Wildman–Crippen MR) is 112 cm³/mol. The zero-order valence-electron chi connectivity index (χ0n) is 16.6. The van der Waals surface area contributed by atoms with Crippen molar-refractivity contribution in [2.45, 2.75) is 12.5 Å². The van der Waals surface area contributed by atoms with E-state index in [1.807, 2.05) is 48.1 Å². The molecule has 0 fully saturated rings. The van der Waals surface area contributed by atoms with Gasteiger partial charge in [-0.15, -0.1) is 0 Å². The molecule has 8 nitrogen and oxygen atoms in total. The second-order valence-electron chi connectivity index (χ2n) is 6.86. The second-order valence-corrected chi connectivity index (χ2v) is 6.86. The molecule has 0 saturated carbocycles. The number of carbonyl (C=O) groups is 1. The summed E-state index contributed by atoms with van der Waals surface area (Å²) in [5.41, 5.74) is 1.01. The number of aryl methyl sites for hydroxylation is 1. The first-order chi connectivity index (χ1) is 14.6. The minimum Gasteiger partial charge on any atom is -0.496 e. The van der Waals surface area contributed by atoms with Crippen molar-refractivity contribution in [2.24, 2.45) is 7.05 Å². The highest BCUT2D eigenvalue weighted by molar-refractivity contribution is 5.88. The normalized spacial score (nSPS) is 11.9. The lowest BCUT2D eigenvalue weighted by Gasteiger charge is -2.21. The van der Waals surface area contributed by atoms with E-state index in [1.54, 1.807) is 31.5 Å². The van der Waals surface area contributed by atoms with Crippen molar-refractivity contribution in [3.05, 3.63) is 88.4 Å². The Kier molecular flexibility index (Phi) is 5.30. The van der Waals surface area contributed by atoms with Gasteiger partial charge in [-0.1, -0.05) is 36.4 Å². The molecular formula is C22H21N5O3. The molecule has 30 heavy (non-hydrogen) atoms. The van der Waals surface area contributed by atoms with Gasteiger partial charge in [-0.05, 0) is 12.1 Å². The summed E-state index contributed by atoms with van der Waals surface area (Å²) < 4.78 is 7.35. The molecule has 0 bridgehead atoms. The fourth-order valence-electron chi connectivity index (χ4n) is 3.51. The summed E-state index contributed by atoms with van der Waals surface area (Å²) in [5, 5.41) is 10.8. The molecule has 2 aromatic heterocycles. The Bertz CT molecular complexity index is 1260. The molecule has 0 aliphatic rings. The lowest BCUT2D eigenvalue weighted by atomic mass is 10.0. The largest absolute Gasteiger partial charge is 0.496 e. The molecule has 1 amide bonds. The molecule has 2 aromatic carbocycles. The fraction of sp³-hybridized carbons (Fsp3) is 0.182. The van der Waals surface area contributed by atoms with Crippen LogP contribution in [0.4, 0.5) is 0 Å². The molecule has 1 atom stereocenters. The lowest BCUT2D eigenvalue weighted by Crippen LogP contribution is -2.33. The zero-order valence-corrected chi connectivity index (χ0v) is 16.6. The number of nitrogens with one attached hydrogen (secondary N) is 2. The highest BCUT2D eigenvalue weighted by atomic mass is 16.5. The number of nitrogens with zero attached hydrogens (tertiary/aromatic N) is 3. The van der Waals surface area contributed by atoms with Gasteiger partial charge in [0.2, 0.25) is 5.91 Å². The minimum absolute atomic E-state index is 0.00731. The number of aromatic nitrogens is 4. The van der Waals surface area contributed by atoms with Crippen LogP contribution in [0.25, 0.3) is 10.8 Å². The molecule has 2 N–H and O–H groups in total. The zero-order chi connectivity index (χ0) is 21.1. The number of amides is 1. The molecule has 0 aliphatic carbocycles. The average Bonchev–Trinajstić information content (AvgIpc) is 3.20. The number of H-pyrrole nitrogens is 1. The van der Waals surface area contributed by atoms with Crippen LogP contribution in [0.1, 0.15) is 23.1 Å². The van der Waals surface area contributed by atoms with Crippen LogP contribution in [0.3, 0.4) is 0 Å². The number of hydrogen-bond donors (Lipinski definition) is 2. The lowest BCUT2D eigenvalue weighted by molar-refractivity contribution is -0.121. The highest BCUT2D eigenvalue weighted by Gasteiger charge is 2.24. The maximum absolute atomic E-state index is 13.0. The molecule has 4 rings (SSSR count). The van der Waals surface area contributed by atoms with Crippen LogP contribution in [0, 0.1) is 0 Å². The van der Waals surface area contributed by atoms with Crippen LogP contribution in [0.2, 0.25) is 0 Å². The van der Waals surface area contributed by atoms with Crippen LogP contribution in [-0.2, 0) is 18.3 Å². The Morgan fingerprint density at radius 2 is 1.90 bits per heavy atom. The molecule has 8 heteroatoms. The summed E-state index contributed by atoms with van der Waals surface area (Å²) in [6.07, 6.45) is 3.51. The Morgan fingerprint density at radius 3 is 2.63 bits per heavy atom. The van der Waals surface area contributed by atoms with Gasteiger partial charge >= 0.3 is 0 Å². The number of rotatable bonds is 6. The third-order valence-electron chi connectivity index (χ3n) is 4.97. The van der Waals surface area contributed by atoms with E-state index in [2.05, 4.69) is 20.5 Å². The molecule has 0 aliphatic heterocycles. The minimum atomic E-state index is -0.511. The highest BCUT2D eigenvalue weighted by Crippen LogP contribution is 2.29. The first-order valence-corrected chi connectivity index (χ1v) is 9.44. The van der Waals surface area contributed by atoms with Crippen molar-refractivity contribution in [3.63, 3.8) is 0 Å². The smallest absolute Gasteiger partial charge is 0.272 e. The van der Waals surface area contributed by atoms with E-state index in [0.717, 1.165) is 5.56 Å². The number of carbonyl (C=O) groups excluding carboxylic acids is 1. The number of para-hydroxylation sites is 1. The van der Waals surface area contributed by atoms with E-state index in [1.165, 1.54) is 0 Å². The third kappa shape index (κ3) is 3.67. The molecule has 4 aromatic rings. The molecule has 2 heterocycles. The number of benzene rings is 2. The van der Waals surface area contributed by atoms with Crippen molar-refractivity contribution in [3.8, 4) is 5.75 Å². The van der Waals surface area contributed by atoms with Gasteiger partial charge < -0.3 is 14.6 Å². The van der Waals surface area contributed by atoms with E-state index in [4.69, 9.17) is 4.74 Å². The predicted octanol–water partition coefficient (Wildman–Crippen LogP) is 2.11. The number of methoxy groups -OCH3 is 1. The molecule has 0 saturated heterocycles. The number of ether oxygens (including phenoxy) is 1. The van der Waals surface area contributed by atoms with Gasteiger partial charge in [0.1, 0.15) is 17.6 Å².